The summed E-state index contributed by atoms with van der Waals surface area (Å²) in [5.74, 6) is -0.311. The molecule has 0 bridgehead atoms. The molecular weight excluding hydrogens is 304 g/mol. The Morgan fingerprint density at radius 3 is 2.78 bits per heavy atom. The van der Waals surface area contributed by atoms with E-state index in [0.29, 0.717) is 4.48 Å². The van der Waals surface area contributed by atoms with Gasteiger partial charge in [0.1, 0.15) is 0 Å². The summed E-state index contributed by atoms with van der Waals surface area (Å²) in [4.78, 5) is 21.8. The maximum atomic E-state index is 11.7. The van der Waals surface area contributed by atoms with Crippen molar-refractivity contribution in [2.24, 2.45) is 0 Å². The Bertz CT molecular complexity index is 502. The van der Waals surface area contributed by atoms with Gasteiger partial charge in [0.15, 0.2) is 5.75 Å². The van der Waals surface area contributed by atoms with Crippen LogP contribution in [0.15, 0.2) is 29.3 Å². The van der Waals surface area contributed by atoms with Crippen LogP contribution in [-0.4, -0.2) is 24.5 Å². The van der Waals surface area contributed by atoms with Gasteiger partial charge in [-0.05, 0) is 6.07 Å². The molecule has 1 aromatic carbocycles. The number of nitrogens with zero attached hydrogens (tertiary/aromatic N) is 1. The maximum absolute atomic E-state index is 11.7. The van der Waals surface area contributed by atoms with E-state index < -0.39 is 4.92 Å². The zero-order chi connectivity index (χ0) is 13.7. The number of halogens is 1. The molecule has 0 saturated carbocycles. The van der Waals surface area contributed by atoms with Crippen molar-refractivity contribution < 1.29 is 14.5 Å². The van der Waals surface area contributed by atoms with Gasteiger partial charge in [0.2, 0.25) is 0 Å². The fraction of sp³-hybridized carbons (Fsp3) is 0.182. The second-order valence-electron chi connectivity index (χ2n) is 3.34. The van der Waals surface area contributed by atoms with Crippen LogP contribution in [0.4, 0.5) is 5.69 Å². The van der Waals surface area contributed by atoms with Crippen molar-refractivity contribution in [2.45, 2.75) is 0 Å². The van der Waals surface area contributed by atoms with E-state index in [4.69, 9.17) is 4.74 Å². The molecule has 0 fully saturated rings. The molecule has 0 heterocycles. The molecular formula is C11H11BrN2O4. The zero-order valence-corrected chi connectivity index (χ0v) is 11.2. The molecule has 0 atom stereocenters. The van der Waals surface area contributed by atoms with Gasteiger partial charge in [0, 0.05) is 28.7 Å². The van der Waals surface area contributed by atoms with Gasteiger partial charge in [-0.15, -0.1) is 0 Å². The minimum Gasteiger partial charge on any atom is -0.490 e. The lowest BCUT2D eigenvalue weighted by Crippen LogP contribution is -2.24. The Balaban J connectivity index is 2.94. The Kier molecular flexibility index (Phi) is 4.85. The van der Waals surface area contributed by atoms with E-state index in [2.05, 4.69) is 27.8 Å². The summed E-state index contributed by atoms with van der Waals surface area (Å²) in [7, 11) is 1.31. The number of benzene rings is 1. The van der Waals surface area contributed by atoms with Crippen LogP contribution in [-0.2, 0) is 0 Å². The van der Waals surface area contributed by atoms with Crippen molar-refractivity contribution in [1.29, 1.82) is 0 Å². The van der Waals surface area contributed by atoms with E-state index in [9.17, 15) is 14.9 Å². The summed E-state index contributed by atoms with van der Waals surface area (Å²) >= 11 is 3.11. The van der Waals surface area contributed by atoms with Crippen molar-refractivity contribution in [3.8, 4) is 5.75 Å². The number of carbonyl (C=O) groups is 1. The minimum atomic E-state index is -0.569. The third-order valence-corrected chi connectivity index (χ3v) is 2.36. The predicted octanol–water partition coefficient (Wildman–Crippen LogP) is 2.24. The predicted molar refractivity (Wildman–Crippen MR) is 70.0 cm³/mol. The van der Waals surface area contributed by atoms with E-state index in [1.54, 1.807) is 0 Å². The molecule has 1 rings (SSSR count). The molecule has 96 valence electrons. The van der Waals surface area contributed by atoms with Crippen LogP contribution in [0, 0.1) is 10.1 Å². The summed E-state index contributed by atoms with van der Waals surface area (Å²) in [5, 5.41) is 13.3. The van der Waals surface area contributed by atoms with Crippen LogP contribution in [0.1, 0.15) is 10.4 Å². The van der Waals surface area contributed by atoms with E-state index in [1.807, 2.05) is 0 Å². The molecule has 0 spiro atoms. The van der Waals surface area contributed by atoms with E-state index in [1.165, 1.54) is 25.3 Å². The first-order valence-electron chi connectivity index (χ1n) is 4.89. The van der Waals surface area contributed by atoms with Crippen molar-refractivity contribution in [1.82, 2.24) is 5.32 Å². The maximum Gasteiger partial charge on any atom is 0.310 e. The molecule has 1 aromatic rings. The largest absolute Gasteiger partial charge is 0.490 e. The lowest BCUT2D eigenvalue weighted by molar-refractivity contribution is -0.385. The highest BCUT2D eigenvalue weighted by Crippen LogP contribution is 2.27. The monoisotopic (exact) mass is 314 g/mol. The van der Waals surface area contributed by atoms with Crippen molar-refractivity contribution in [3.63, 3.8) is 0 Å². The third-order valence-electron chi connectivity index (χ3n) is 2.08. The molecule has 1 N–H and O–H groups in total. The van der Waals surface area contributed by atoms with Gasteiger partial charge in [-0.25, -0.2) is 0 Å². The van der Waals surface area contributed by atoms with Crippen LogP contribution in [0.2, 0.25) is 0 Å². The van der Waals surface area contributed by atoms with E-state index in [0.717, 1.165) is 0 Å². The number of nitro benzene ring substituents is 1. The number of methoxy groups -OCH3 is 1. The van der Waals surface area contributed by atoms with Gasteiger partial charge in [-0.2, -0.15) is 0 Å². The van der Waals surface area contributed by atoms with E-state index in [-0.39, 0.29) is 29.5 Å². The van der Waals surface area contributed by atoms with Gasteiger partial charge >= 0.3 is 5.69 Å². The van der Waals surface area contributed by atoms with Crippen LogP contribution in [0.3, 0.4) is 0 Å². The number of nitro groups is 1. The first kappa shape index (κ1) is 14.2. The van der Waals surface area contributed by atoms with Gasteiger partial charge in [-0.1, -0.05) is 22.5 Å². The Morgan fingerprint density at radius 2 is 2.28 bits per heavy atom. The normalized spacial score (nSPS) is 9.67. The second kappa shape index (κ2) is 6.15. The fourth-order valence-electron chi connectivity index (χ4n) is 1.25. The lowest BCUT2D eigenvalue weighted by Gasteiger charge is -2.06. The number of hydrogen-bond acceptors (Lipinski definition) is 4. The highest BCUT2D eigenvalue weighted by Gasteiger charge is 2.17. The second-order valence-corrected chi connectivity index (χ2v) is 4.47. The molecule has 18 heavy (non-hydrogen) atoms. The summed E-state index contributed by atoms with van der Waals surface area (Å²) < 4.78 is 5.50. The first-order chi connectivity index (χ1) is 8.45. The van der Waals surface area contributed by atoms with Gasteiger partial charge in [-0.3, -0.25) is 14.9 Å². The molecule has 6 nitrogen and oxygen atoms in total. The number of amides is 1. The summed E-state index contributed by atoms with van der Waals surface area (Å²) in [6.07, 6.45) is 0. The third kappa shape index (κ3) is 3.56. The van der Waals surface area contributed by atoms with Crippen LogP contribution >= 0.6 is 15.9 Å². The summed E-state index contributed by atoms with van der Waals surface area (Å²) in [6, 6.07) is 3.92. The number of nitrogens with one attached hydrogen (secondary N) is 1. The lowest BCUT2D eigenvalue weighted by atomic mass is 10.2. The SMILES string of the molecule is C=C(Br)CNC(=O)c1ccc([N+](=O)[O-])c(OC)c1. The van der Waals surface area contributed by atoms with Crippen molar-refractivity contribution >= 4 is 27.5 Å². The quantitative estimate of drug-likeness (QED) is 0.667. The average molecular weight is 315 g/mol. The van der Waals surface area contributed by atoms with Gasteiger partial charge in [0.25, 0.3) is 5.91 Å². The number of rotatable bonds is 5. The Hall–Kier alpha value is -1.89. The summed E-state index contributed by atoms with van der Waals surface area (Å²) in [5.41, 5.74) is 0.102. The smallest absolute Gasteiger partial charge is 0.310 e. The fourth-order valence-corrected chi connectivity index (χ4v) is 1.39. The minimum absolute atomic E-state index is 0.0466. The first-order valence-corrected chi connectivity index (χ1v) is 5.69. The molecule has 7 heteroatoms. The highest BCUT2D eigenvalue weighted by molar-refractivity contribution is 9.11. The van der Waals surface area contributed by atoms with Gasteiger partial charge < -0.3 is 10.1 Å². The topological polar surface area (TPSA) is 81.5 Å². The number of ether oxygens (including phenoxy) is 1. The zero-order valence-electron chi connectivity index (χ0n) is 9.60. The Morgan fingerprint density at radius 1 is 1.61 bits per heavy atom. The van der Waals surface area contributed by atoms with Crippen LogP contribution < -0.4 is 10.1 Å². The molecule has 0 aliphatic rings. The Labute approximate surface area is 112 Å². The molecule has 0 aliphatic carbocycles. The molecule has 0 saturated heterocycles. The van der Waals surface area contributed by atoms with Gasteiger partial charge in [0.05, 0.1) is 12.0 Å². The molecule has 0 aromatic heterocycles. The molecule has 0 radical (unpaired) electrons. The highest BCUT2D eigenvalue weighted by atomic mass is 79.9. The van der Waals surface area contributed by atoms with Crippen LogP contribution in [0.25, 0.3) is 0 Å². The van der Waals surface area contributed by atoms with Crippen LogP contribution in [0.5, 0.6) is 5.75 Å². The van der Waals surface area contributed by atoms with Crippen molar-refractivity contribution in [2.75, 3.05) is 13.7 Å². The standard InChI is InChI=1S/C11H11BrN2O4/c1-7(12)6-13-11(15)8-3-4-9(14(16)17)10(5-8)18-2/h3-5H,1,6H2,2H3,(H,13,15). The molecule has 0 unspecified atom stereocenters. The van der Waals surface area contributed by atoms with E-state index >= 15 is 0 Å². The average Bonchev–Trinajstić information content (AvgIpc) is 2.34. The summed E-state index contributed by atoms with van der Waals surface area (Å²) in [6.45, 7) is 3.86. The number of carbonyl (C=O) groups excluding carboxylic acids is 1. The number of hydrogen-bond donors (Lipinski definition) is 1. The molecule has 1 amide bonds. The van der Waals surface area contributed by atoms with Crippen molar-refractivity contribution in [3.05, 3.63) is 44.9 Å². The molecule has 0 aliphatic heterocycles.